The summed E-state index contributed by atoms with van der Waals surface area (Å²) in [5.41, 5.74) is 4.83. The molecule has 0 unspecified atom stereocenters. The van der Waals surface area contributed by atoms with Crippen molar-refractivity contribution in [3.63, 3.8) is 0 Å². The minimum Gasteiger partial charge on any atom is -0.497 e. The van der Waals surface area contributed by atoms with Gasteiger partial charge in [0, 0.05) is 29.1 Å². The van der Waals surface area contributed by atoms with Crippen molar-refractivity contribution in [1.82, 2.24) is 4.98 Å². The number of hydrogen-bond donors (Lipinski definition) is 1. The molecule has 2 aromatic carbocycles. The molecule has 1 N–H and O–H groups in total. The van der Waals surface area contributed by atoms with Gasteiger partial charge in [-0.15, -0.1) is 11.3 Å². The van der Waals surface area contributed by atoms with Crippen LogP contribution in [0, 0.1) is 0 Å². The van der Waals surface area contributed by atoms with E-state index in [-0.39, 0.29) is 24.3 Å². The van der Waals surface area contributed by atoms with Crippen molar-refractivity contribution in [2.75, 3.05) is 17.3 Å². The van der Waals surface area contributed by atoms with Gasteiger partial charge in [0.15, 0.2) is 5.13 Å². The fraction of sp³-hybridized carbons (Fsp3) is 0.292. The molecular weight excluding hydrogens is 410 g/mol. The average molecular weight is 436 g/mol. The highest BCUT2D eigenvalue weighted by atomic mass is 32.1. The largest absolute Gasteiger partial charge is 0.497 e. The average Bonchev–Trinajstić information content (AvgIpc) is 3.36. The van der Waals surface area contributed by atoms with Crippen LogP contribution in [0.1, 0.15) is 31.4 Å². The highest BCUT2D eigenvalue weighted by molar-refractivity contribution is 7.14. The molecule has 6 nitrogen and oxygen atoms in total. The summed E-state index contributed by atoms with van der Waals surface area (Å²) in [7, 11) is 1.61. The van der Waals surface area contributed by atoms with E-state index in [2.05, 4.69) is 23.3 Å². The van der Waals surface area contributed by atoms with E-state index in [0.717, 1.165) is 40.2 Å². The molecule has 1 aliphatic heterocycles. The topological polar surface area (TPSA) is 71.5 Å². The Morgan fingerprint density at radius 2 is 2.10 bits per heavy atom. The minimum absolute atomic E-state index is 0.120. The quantitative estimate of drug-likeness (QED) is 0.610. The van der Waals surface area contributed by atoms with Gasteiger partial charge in [0.25, 0.3) is 0 Å². The fourth-order valence-corrected chi connectivity index (χ4v) is 4.67. The molecule has 0 aliphatic carbocycles. The maximum absolute atomic E-state index is 12.4. The number of thiazole rings is 1. The Bertz CT molecular complexity index is 1120. The lowest BCUT2D eigenvalue weighted by molar-refractivity contribution is -0.118. The lowest BCUT2D eigenvalue weighted by Gasteiger charge is -2.22. The van der Waals surface area contributed by atoms with Crippen molar-refractivity contribution in [3.8, 4) is 17.0 Å². The summed E-state index contributed by atoms with van der Waals surface area (Å²) in [5, 5.41) is 5.39. The lowest BCUT2D eigenvalue weighted by atomic mass is 10.1. The van der Waals surface area contributed by atoms with Crippen molar-refractivity contribution in [1.29, 1.82) is 0 Å². The van der Waals surface area contributed by atoms with Crippen LogP contribution in [-0.2, 0) is 22.4 Å². The van der Waals surface area contributed by atoms with Crippen LogP contribution in [-0.4, -0.2) is 29.9 Å². The van der Waals surface area contributed by atoms with Crippen molar-refractivity contribution in [3.05, 3.63) is 59.0 Å². The van der Waals surface area contributed by atoms with Gasteiger partial charge in [0.2, 0.25) is 11.8 Å². The van der Waals surface area contributed by atoms with E-state index in [1.807, 2.05) is 53.6 Å². The number of rotatable bonds is 6. The molecule has 31 heavy (non-hydrogen) atoms. The van der Waals surface area contributed by atoms with Gasteiger partial charge in [-0.1, -0.05) is 25.1 Å². The van der Waals surface area contributed by atoms with Gasteiger partial charge in [-0.05, 0) is 48.7 Å². The standard InChI is InChI=1S/C24H25N3O3S/c1-4-23(29)27-15(2)10-18-13-17(8-9-21(18)27)20-14-31-24(25-20)26-22(28)12-16-6-5-7-19(11-16)30-3/h5-9,11,13-15H,4,10,12H2,1-3H3,(H,25,26,28)/t15-/m0/s1. The molecule has 160 valence electrons. The first-order valence-corrected chi connectivity index (χ1v) is 11.2. The number of carbonyl (C=O) groups excluding carboxylic acids is 2. The zero-order valence-electron chi connectivity index (χ0n) is 17.8. The Balaban J connectivity index is 1.46. The normalized spacial score (nSPS) is 14.9. The smallest absolute Gasteiger partial charge is 0.230 e. The van der Waals surface area contributed by atoms with E-state index in [0.29, 0.717) is 11.6 Å². The number of fused-ring (bicyclic) bond motifs is 1. The van der Waals surface area contributed by atoms with Gasteiger partial charge in [0.05, 0.1) is 19.2 Å². The summed E-state index contributed by atoms with van der Waals surface area (Å²) in [6, 6.07) is 13.7. The summed E-state index contributed by atoms with van der Waals surface area (Å²) in [6.07, 6.45) is 1.59. The second-order valence-corrected chi connectivity index (χ2v) is 8.49. The van der Waals surface area contributed by atoms with Gasteiger partial charge in [-0.3, -0.25) is 9.59 Å². The number of nitrogens with one attached hydrogen (secondary N) is 1. The van der Waals surface area contributed by atoms with Crippen molar-refractivity contribution in [2.45, 2.75) is 39.2 Å². The Hall–Kier alpha value is -3.19. The van der Waals surface area contributed by atoms with Crippen molar-refractivity contribution < 1.29 is 14.3 Å². The lowest BCUT2D eigenvalue weighted by Crippen LogP contribution is -2.35. The second kappa shape index (κ2) is 8.89. The van der Waals surface area contributed by atoms with Gasteiger partial charge in [-0.2, -0.15) is 0 Å². The summed E-state index contributed by atoms with van der Waals surface area (Å²) in [6.45, 7) is 3.97. The molecule has 1 aromatic heterocycles. The Kier molecular flexibility index (Phi) is 6.04. The zero-order chi connectivity index (χ0) is 22.0. The third kappa shape index (κ3) is 4.46. The Labute approximate surface area is 185 Å². The van der Waals surface area contributed by atoms with Crippen LogP contribution in [0.3, 0.4) is 0 Å². The van der Waals surface area contributed by atoms with Crippen LogP contribution in [0.15, 0.2) is 47.8 Å². The van der Waals surface area contributed by atoms with E-state index in [1.54, 1.807) is 7.11 Å². The van der Waals surface area contributed by atoms with Crippen LogP contribution in [0.5, 0.6) is 5.75 Å². The van der Waals surface area contributed by atoms with Crippen LogP contribution >= 0.6 is 11.3 Å². The molecule has 4 rings (SSSR count). The monoisotopic (exact) mass is 435 g/mol. The van der Waals surface area contributed by atoms with E-state index in [4.69, 9.17) is 4.74 Å². The number of anilines is 2. The highest BCUT2D eigenvalue weighted by Crippen LogP contribution is 2.36. The molecule has 0 saturated carbocycles. The molecule has 2 amide bonds. The maximum atomic E-state index is 12.4. The predicted octanol–water partition coefficient (Wildman–Crippen LogP) is 4.69. The molecule has 7 heteroatoms. The maximum Gasteiger partial charge on any atom is 0.230 e. The number of aromatic nitrogens is 1. The second-order valence-electron chi connectivity index (χ2n) is 7.63. The van der Waals surface area contributed by atoms with E-state index in [1.165, 1.54) is 11.3 Å². The number of nitrogens with zero attached hydrogens (tertiary/aromatic N) is 2. The molecule has 3 aromatic rings. The molecule has 0 saturated heterocycles. The summed E-state index contributed by atoms with van der Waals surface area (Å²) >= 11 is 1.40. The van der Waals surface area contributed by atoms with E-state index in [9.17, 15) is 9.59 Å². The van der Waals surface area contributed by atoms with Crippen molar-refractivity contribution >= 4 is 34.0 Å². The Morgan fingerprint density at radius 1 is 1.26 bits per heavy atom. The van der Waals surface area contributed by atoms with Crippen LogP contribution < -0.4 is 15.0 Å². The Morgan fingerprint density at radius 3 is 2.87 bits per heavy atom. The number of ether oxygens (including phenoxy) is 1. The third-order valence-electron chi connectivity index (χ3n) is 5.41. The summed E-state index contributed by atoms with van der Waals surface area (Å²) < 4.78 is 5.21. The predicted molar refractivity (Wildman–Crippen MR) is 124 cm³/mol. The molecule has 0 radical (unpaired) electrons. The first-order valence-electron chi connectivity index (χ1n) is 10.3. The third-order valence-corrected chi connectivity index (χ3v) is 6.17. The van der Waals surface area contributed by atoms with E-state index >= 15 is 0 Å². The van der Waals surface area contributed by atoms with Crippen LogP contribution in [0.25, 0.3) is 11.3 Å². The molecule has 1 atom stereocenters. The number of amides is 2. The zero-order valence-corrected chi connectivity index (χ0v) is 18.7. The molecule has 0 bridgehead atoms. The number of hydrogen-bond acceptors (Lipinski definition) is 5. The van der Waals surface area contributed by atoms with Gasteiger partial charge >= 0.3 is 0 Å². The minimum atomic E-state index is -0.120. The highest BCUT2D eigenvalue weighted by Gasteiger charge is 2.30. The first kappa shape index (κ1) is 21.1. The van der Waals surface area contributed by atoms with E-state index < -0.39 is 0 Å². The number of methoxy groups -OCH3 is 1. The molecule has 1 aliphatic rings. The molecule has 0 spiro atoms. The fourth-order valence-electron chi connectivity index (χ4n) is 3.94. The summed E-state index contributed by atoms with van der Waals surface area (Å²) in [5.74, 6) is 0.756. The van der Waals surface area contributed by atoms with Gasteiger partial charge in [0.1, 0.15) is 5.75 Å². The van der Waals surface area contributed by atoms with Crippen molar-refractivity contribution in [2.24, 2.45) is 0 Å². The molecule has 0 fully saturated rings. The van der Waals surface area contributed by atoms with Gasteiger partial charge < -0.3 is 15.0 Å². The molecule has 2 heterocycles. The number of benzene rings is 2. The van der Waals surface area contributed by atoms with Gasteiger partial charge in [-0.25, -0.2) is 4.98 Å². The number of carbonyl (C=O) groups is 2. The van der Waals surface area contributed by atoms with Crippen LogP contribution in [0.4, 0.5) is 10.8 Å². The SMILES string of the molecule is CCC(=O)N1c2ccc(-c3csc(NC(=O)Cc4cccc(OC)c4)n3)cc2C[C@@H]1C. The molecular formula is C24H25N3O3S. The summed E-state index contributed by atoms with van der Waals surface area (Å²) in [4.78, 5) is 31.2. The van der Waals surface area contributed by atoms with Crippen LogP contribution in [0.2, 0.25) is 0 Å². The first-order chi connectivity index (χ1) is 15.0.